The van der Waals surface area contributed by atoms with E-state index < -0.39 is 37.6 Å². The first kappa shape index (κ1) is 28.5. The third-order valence-corrected chi connectivity index (χ3v) is 2.44. The summed E-state index contributed by atoms with van der Waals surface area (Å²) in [5.74, 6) is -2.12. The molecule has 122 valence electrons. The van der Waals surface area contributed by atoms with E-state index in [0.29, 0.717) is 0 Å². The summed E-state index contributed by atoms with van der Waals surface area (Å²) < 4.78 is 67.0. The van der Waals surface area contributed by atoms with Crippen LogP contribution < -0.4 is 68.6 Å². The van der Waals surface area contributed by atoms with Crippen LogP contribution in [-0.4, -0.2) is 37.5 Å². The average Bonchev–Trinajstić information content (AvgIpc) is 2.27. The predicted molar refractivity (Wildman–Crippen MR) is 65.6 cm³/mol. The van der Waals surface area contributed by atoms with Crippen LogP contribution in [0.3, 0.4) is 0 Å². The van der Waals surface area contributed by atoms with E-state index in [2.05, 4.69) is 15.5 Å². The molecule has 0 bridgehead atoms. The van der Waals surface area contributed by atoms with Gasteiger partial charge in [0.05, 0.1) is 21.6 Å². The van der Waals surface area contributed by atoms with E-state index in [1.165, 1.54) is 0 Å². The Hall–Kier alpha value is -0.310. The van der Waals surface area contributed by atoms with E-state index in [-0.39, 0.29) is 70.6 Å². The Bertz CT molecular complexity index is 779. The SMILES string of the molecule is CC(=O)Oc1[c-]cc(S(=O)(=O)[O-])cc1OC(C)=O.O=S(=O)=O.[Na+].[Na+]. The second-order valence-electron chi connectivity index (χ2n) is 3.37. The fourth-order valence-corrected chi connectivity index (χ4v) is 1.50. The Morgan fingerprint density at radius 1 is 1.08 bits per heavy atom. The minimum atomic E-state index is -4.72. The molecule has 0 aliphatic carbocycles. The summed E-state index contributed by atoms with van der Waals surface area (Å²) in [5, 5.41) is 0. The van der Waals surface area contributed by atoms with Gasteiger partial charge in [0, 0.05) is 13.8 Å². The number of benzene rings is 1. The van der Waals surface area contributed by atoms with Crippen molar-refractivity contribution in [1.29, 1.82) is 0 Å². The first-order chi connectivity index (χ1) is 9.93. The Balaban J connectivity index is -0.000000661. The van der Waals surface area contributed by atoms with Crippen LogP contribution in [-0.2, 0) is 30.3 Å². The van der Waals surface area contributed by atoms with Crippen LogP contribution in [0.1, 0.15) is 13.8 Å². The molecule has 10 nitrogen and oxygen atoms in total. The van der Waals surface area contributed by atoms with Crippen molar-refractivity contribution in [2.75, 3.05) is 0 Å². The molecule has 0 amide bonds. The van der Waals surface area contributed by atoms with Gasteiger partial charge in [-0.2, -0.15) is 6.07 Å². The molecule has 0 spiro atoms. The number of carbonyl (C=O) groups is 2. The van der Waals surface area contributed by atoms with Gasteiger partial charge in [-0.3, -0.25) is 18.0 Å². The van der Waals surface area contributed by atoms with Crippen molar-refractivity contribution in [3.8, 4) is 11.5 Å². The van der Waals surface area contributed by atoms with E-state index in [1.54, 1.807) is 0 Å². The molecule has 0 radical (unpaired) electrons. The summed E-state index contributed by atoms with van der Waals surface area (Å²) in [6, 6.07) is 3.87. The van der Waals surface area contributed by atoms with Gasteiger partial charge < -0.3 is 14.0 Å². The largest absolute Gasteiger partial charge is 1.00 e. The molecule has 1 aromatic rings. The molecule has 24 heavy (non-hydrogen) atoms. The van der Waals surface area contributed by atoms with Gasteiger partial charge in [0.1, 0.15) is 0 Å². The van der Waals surface area contributed by atoms with E-state index >= 15 is 0 Å². The van der Waals surface area contributed by atoms with Gasteiger partial charge in [-0.25, -0.2) is 0 Å². The van der Waals surface area contributed by atoms with Crippen molar-refractivity contribution < 1.29 is 104 Å². The fourth-order valence-electron chi connectivity index (χ4n) is 1.04. The molecular weight excluding hydrogens is 390 g/mol. The maximum Gasteiger partial charge on any atom is 1.00 e. The molecule has 0 aliphatic heterocycles. The molecule has 0 saturated carbocycles. The van der Waals surface area contributed by atoms with E-state index in [1.807, 2.05) is 0 Å². The van der Waals surface area contributed by atoms with Crippen molar-refractivity contribution in [3.05, 3.63) is 18.2 Å². The number of ether oxygens (including phenoxy) is 2. The first-order valence-electron chi connectivity index (χ1n) is 5.08. The van der Waals surface area contributed by atoms with Gasteiger partial charge in [0.2, 0.25) is 0 Å². The fraction of sp³-hybridized carbons (Fsp3) is 0.200. The number of rotatable bonds is 3. The molecule has 14 heteroatoms. The zero-order valence-corrected chi connectivity index (χ0v) is 18.7. The number of hydrogen-bond donors (Lipinski definition) is 0. The van der Waals surface area contributed by atoms with Gasteiger partial charge in [-0.15, -0.1) is 24.8 Å². The molecule has 1 rings (SSSR count). The summed E-state index contributed by atoms with van der Waals surface area (Å²) >= 11 is 0. The van der Waals surface area contributed by atoms with E-state index in [4.69, 9.17) is 12.6 Å². The standard InChI is InChI=1S/C10H9O7S.2Na.O3S/c1-6(11)16-9-4-3-8(18(13,14)15)5-10(9)17-7(2)12;;;1-4(2)3/h3,5H,1-2H3,(H,13,14,15);;;/q-1;2*+1;/p-1. The smallest absolute Gasteiger partial charge is 0.754 e. The van der Waals surface area contributed by atoms with Crippen molar-refractivity contribution in [1.82, 2.24) is 0 Å². The topological polar surface area (TPSA) is 161 Å². The molecule has 0 atom stereocenters. The summed E-state index contributed by atoms with van der Waals surface area (Å²) in [4.78, 5) is 20.9. The maximum absolute atomic E-state index is 10.8. The van der Waals surface area contributed by atoms with Crippen molar-refractivity contribution in [2.45, 2.75) is 18.7 Å². The van der Waals surface area contributed by atoms with Crippen molar-refractivity contribution in [3.63, 3.8) is 0 Å². The molecular formula is C10H8Na2O10S2. The van der Waals surface area contributed by atoms with Crippen LogP contribution in [0.5, 0.6) is 11.5 Å². The van der Waals surface area contributed by atoms with Crippen LogP contribution in [0.25, 0.3) is 0 Å². The predicted octanol–water partition coefficient (Wildman–Crippen LogP) is -6.75. The van der Waals surface area contributed by atoms with E-state index in [9.17, 15) is 22.6 Å². The van der Waals surface area contributed by atoms with Crippen LogP contribution in [0.15, 0.2) is 17.0 Å². The van der Waals surface area contributed by atoms with Gasteiger partial charge in [0.25, 0.3) is 5.97 Å². The Morgan fingerprint density at radius 2 is 1.50 bits per heavy atom. The second kappa shape index (κ2) is 13.0. The third kappa shape index (κ3) is 13.0. The Kier molecular flexibility index (Phi) is 15.4. The van der Waals surface area contributed by atoms with Crippen LogP contribution in [0, 0.1) is 6.07 Å². The summed E-state index contributed by atoms with van der Waals surface area (Å²) in [6.45, 7) is 2.17. The average molecular weight is 398 g/mol. The van der Waals surface area contributed by atoms with Gasteiger partial charge in [-0.05, 0) is 4.90 Å². The van der Waals surface area contributed by atoms with Crippen molar-refractivity contribution in [2.24, 2.45) is 0 Å². The quantitative estimate of drug-likeness (QED) is 0.157. The minimum absolute atomic E-state index is 0. The van der Waals surface area contributed by atoms with Crippen LogP contribution >= 0.6 is 0 Å². The van der Waals surface area contributed by atoms with Gasteiger partial charge >= 0.3 is 75.7 Å². The molecule has 0 aromatic heterocycles. The van der Waals surface area contributed by atoms with Crippen molar-refractivity contribution >= 4 is 32.7 Å². The molecule has 0 saturated heterocycles. The first-order valence-corrected chi connectivity index (χ1v) is 7.49. The van der Waals surface area contributed by atoms with Gasteiger partial charge in [-0.1, -0.05) is 0 Å². The Morgan fingerprint density at radius 3 is 1.83 bits per heavy atom. The van der Waals surface area contributed by atoms with Gasteiger partial charge in [0.15, 0.2) is 0 Å². The molecule has 0 N–H and O–H groups in total. The number of hydrogen-bond acceptors (Lipinski definition) is 10. The minimum Gasteiger partial charge on any atom is -0.754 e. The molecule has 0 heterocycles. The number of carbonyl (C=O) groups excluding carboxylic acids is 2. The van der Waals surface area contributed by atoms with Crippen LogP contribution in [0.2, 0.25) is 0 Å². The zero-order chi connectivity index (χ0) is 17.5. The molecule has 0 fully saturated rings. The summed E-state index contributed by atoms with van der Waals surface area (Å²) in [5.41, 5.74) is 0. The third-order valence-electron chi connectivity index (χ3n) is 1.63. The monoisotopic (exact) mass is 398 g/mol. The second-order valence-corrected chi connectivity index (χ2v) is 5.16. The van der Waals surface area contributed by atoms with Crippen LogP contribution in [0.4, 0.5) is 0 Å². The number of esters is 2. The zero-order valence-electron chi connectivity index (χ0n) is 13.1. The normalized spacial score (nSPS) is 9.12. The summed E-state index contributed by atoms with van der Waals surface area (Å²) in [6.07, 6.45) is 0. The molecule has 0 aliphatic rings. The Labute approximate surface area is 183 Å². The van der Waals surface area contributed by atoms with E-state index in [0.717, 1.165) is 26.0 Å². The molecule has 1 aromatic carbocycles. The summed E-state index contributed by atoms with van der Waals surface area (Å²) in [7, 11) is -7.83. The molecule has 0 unspecified atom stereocenters. The maximum atomic E-state index is 10.8.